The summed E-state index contributed by atoms with van der Waals surface area (Å²) in [4.78, 5) is 0. The van der Waals surface area contributed by atoms with Gasteiger partial charge in [-0.2, -0.15) is 5.10 Å². The SMILES string of the molecule is Cn1ccc(COc2c(Cl)cccc2CO)n1. The molecule has 0 atom stereocenters. The summed E-state index contributed by atoms with van der Waals surface area (Å²) in [5.41, 5.74) is 1.49. The molecule has 0 saturated carbocycles. The van der Waals surface area contributed by atoms with Crippen LogP contribution in [-0.2, 0) is 20.3 Å². The first-order valence-electron chi connectivity index (χ1n) is 5.20. The summed E-state index contributed by atoms with van der Waals surface area (Å²) in [6.45, 7) is 0.232. The number of halogens is 1. The van der Waals surface area contributed by atoms with Gasteiger partial charge in [0.25, 0.3) is 0 Å². The summed E-state index contributed by atoms with van der Waals surface area (Å²) in [6.07, 6.45) is 1.85. The summed E-state index contributed by atoms with van der Waals surface area (Å²) in [7, 11) is 1.85. The molecule has 0 spiro atoms. The molecule has 0 unspecified atom stereocenters. The number of hydrogen-bond acceptors (Lipinski definition) is 3. The van der Waals surface area contributed by atoms with E-state index in [0.29, 0.717) is 22.9 Å². The van der Waals surface area contributed by atoms with Gasteiger partial charge in [0.1, 0.15) is 12.4 Å². The first-order valence-corrected chi connectivity index (χ1v) is 5.58. The van der Waals surface area contributed by atoms with Gasteiger partial charge in [0.05, 0.1) is 17.3 Å². The Labute approximate surface area is 104 Å². The van der Waals surface area contributed by atoms with Crippen molar-refractivity contribution in [2.75, 3.05) is 0 Å². The number of benzene rings is 1. The smallest absolute Gasteiger partial charge is 0.143 e. The van der Waals surface area contributed by atoms with E-state index in [1.54, 1.807) is 22.9 Å². The number of aromatic nitrogens is 2. The first kappa shape index (κ1) is 12.0. The minimum absolute atomic E-state index is 0.0991. The second kappa shape index (κ2) is 5.21. The Bertz CT molecular complexity index is 511. The van der Waals surface area contributed by atoms with Gasteiger partial charge >= 0.3 is 0 Å². The molecule has 1 aromatic carbocycles. The molecule has 0 amide bonds. The fraction of sp³-hybridized carbons (Fsp3) is 0.250. The lowest BCUT2D eigenvalue weighted by Gasteiger charge is -2.10. The molecule has 90 valence electrons. The van der Waals surface area contributed by atoms with Crippen LogP contribution in [0.4, 0.5) is 0 Å². The van der Waals surface area contributed by atoms with Gasteiger partial charge < -0.3 is 9.84 Å². The fourth-order valence-corrected chi connectivity index (χ4v) is 1.77. The maximum absolute atomic E-state index is 9.19. The van der Waals surface area contributed by atoms with E-state index in [1.165, 1.54) is 0 Å². The zero-order valence-corrected chi connectivity index (χ0v) is 10.2. The van der Waals surface area contributed by atoms with E-state index in [-0.39, 0.29) is 6.61 Å². The fourth-order valence-electron chi connectivity index (χ4n) is 1.53. The maximum atomic E-state index is 9.19. The Morgan fingerprint density at radius 2 is 2.24 bits per heavy atom. The predicted octanol–water partition coefficient (Wildman–Crippen LogP) is 2.14. The van der Waals surface area contributed by atoms with Crippen LogP contribution in [0.3, 0.4) is 0 Å². The predicted molar refractivity (Wildman–Crippen MR) is 64.9 cm³/mol. The van der Waals surface area contributed by atoms with Gasteiger partial charge in [-0.3, -0.25) is 4.68 Å². The molecule has 2 aromatic rings. The Balaban J connectivity index is 2.13. The van der Waals surface area contributed by atoms with Crippen LogP contribution in [0.1, 0.15) is 11.3 Å². The molecule has 17 heavy (non-hydrogen) atoms. The second-order valence-corrected chi connectivity index (χ2v) is 4.06. The van der Waals surface area contributed by atoms with Crippen LogP contribution in [0, 0.1) is 0 Å². The van der Waals surface area contributed by atoms with E-state index in [2.05, 4.69) is 5.10 Å². The number of aryl methyl sites for hydroxylation is 1. The van der Waals surface area contributed by atoms with Crippen LogP contribution < -0.4 is 4.74 Å². The van der Waals surface area contributed by atoms with Crippen LogP contribution in [0.25, 0.3) is 0 Å². The van der Waals surface area contributed by atoms with Gasteiger partial charge in [0.15, 0.2) is 0 Å². The van der Waals surface area contributed by atoms with Crippen molar-refractivity contribution in [1.29, 1.82) is 0 Å². The Hall–Kier alpha value is -1.52. The molecule has 0 bridgehead atoms. The monoisotopic (exact) mass is 252 g/mol. The minimum Gasteiger partial charge on any atom is -0.485 e. The van der Waals surface area contributed by atoms with E-state index in [4.69, 9.17) is 16.3 Å². The van der Waals surface area contributed by atoms with Gasteiger partial charge in [-0.05, 0) is 12.1 Å². The molecule has 1 heterocycles. The van der Waals surface area contributed by atoms with E-state index in [0.717, 1.165) is 5.69 Å². The highest BCUT2D eigenvalue weighted by molar-refractivity contribution is 6.32. The van der Waals surface area contributed by atoms with Gasteiger partial charge in [-0.25, -0.2) is 0 Å². The first-order chi connectivity index (χ1) is 8.20. The van der Waals surface area contributed by atoms with Crippen molar-refractivity contribution < 1.29 is 9.84 Å². The molecule has 1 N–H and O–H groups in total. The highest BCUT2D eigenvalue weighted by atomic mass is 35.5. The van der Waals surface area contributed by atoms with Gasteiger partial charge in [-0.15, -0.1) is 0 Å². The van der Waals surface area contributed by atoms with Crippen molar-refractivity contribution in [3.05, 3.63) is 46.7 Å². The van der Waals surface area contributed by atoms with Crippen LogP contribution in [0.5, 0.6) is 5.75 Å². The molecular formula is C12H13ClN2O2. The topological polar surface area (TPSA) is 47.3 Å². The molecule has 0 fully saturated rings. The number of aliphatic hydroxyl groups excluding tert-OH is 1. The molecular weight excluding hydrogens is 240 g/mol. The number of hydrogen-bond donors (Lipinski definition) is 1. The van der Waals surface area contributed by atoms with Crippen LogP contribution in [0.15, 0.2) is 30.5 Å². The number of rotatable bonds is 4. The lowest BCUT2D eigenvalue weighted by Crippen LogP contribution is -2.01. The summed E-state index contributed by atoms with van der Waals surface area (Å²) in [5.74, 6) is 0.516. The van der Waals surface area contributed by atoms with Crippen molar-refractivity contribution in [3.63, 3.8) is 0 Å². The van der Waals surface area contributed by atoms with Crippen molar-refractivity contribution >= 4 is 11.6 Å². The van der Waals surface area contributed by atoms with Gasteiger partial charge in [-0.1, -0.05) is 23.7 Å². The third-order valence-electron chi connectivity index (χ3n) is 2.35. The lowest BCUT2D eigenvalue weighted by atomic mass is 10.2. The number of ether oxygens (including phenoxy) is 1. The molecule has 5 heteroatoms. The molecule has 1 aromatic heterocycles. The van der Waals surface area contributed by atoms with Crippen molar-refractivity contribution in [3.8, 4) is 5.75 Å². The van der Waals surface area contributed by atoms with E-state index in [1.807, 2.05) is 19.3 Å². The summed E-state index contributed by atoms with van der Waals surface area (Å²) < 4.78 is 7.30. The Kier molecular flexibility index (Phi) is 3.66. The highest BCUT2D eigenvalue weighted by Gasteiger charge is 2.08. The van der Waals surface area contributed by atoms with E-state index < -0.39 is 0 Å². The summed E-state index contributed by atoms with van der Waals surface area (Å²) >= 11 is 6.02. The average Bonchev–Trinajstić information content (AvgIpc) is 2.73. The number of para-hydroxylation sites is 1. The number of nitrogens with zero attached hydrogens (tertiary/aromatic N) is 2. The maximum Gasteiger partial charge on any atom is 0.143 e. The number of aliphatic hydroxyl groups is 1. The standard InChI is InChI=1S/C12H13ClN2O2/c1-15-6-5-10(14-15)8-17-12-9(7-16)3-2-4-11(12)13/h2-6,16H,7-8H2,1H3. The third kappa shape index (κ3) is 2.78. The quantitative estimate of drug-likeness (QED) is 0.907. The van der Waals surface area contributed by atoms with Crippen LogP contribution in [-0.4, -0.2) is 14.9 Å². The van der Waals surface area contributed by atoms with Gasteiger partial charge in [0, 0.05) is 18.8 Å². The molecule has 0 saturated heterocycles. The highest BCUT2D eigenvalue weighted by Crippen LogP contribution is 2.29. The zero-order chi connectivity index (χ0) is 12.3. The third-order valence-corrected chi connectivity index (χ3v) is 2.65. The molecule has 0 aliphatic heterocycles. The average molecular weight is 253 g/mol. The molecule has 0 radical (unpaired) electrons. The van der Waals surface area contributed by atoms with Gasteiger partial charge in [0.2, 0.25) is 0 Å². The molecule has 0 aliphatic carbocycles. The molecule has 0 aliphatic rings. The van der Waals surface area contributed by atoms with Crippen LogP contribution in [0.2, 0.25) is 5.02 Å². The molecule has 2 rings (SSSR count). The molecule has 4 nitrogen and oxygen atoms in total. The Morgan fingerprint density at radius 1 is 1.41 bits per heavy atom. The Morgan fingerprint density at radius 3 is 2.88 bits per heavy atom. The van der Waals surface area contributed by atoms with Crippen molar-refractivity contribution in [2.45, 2.75) is 13.2 Å². The summed E-state index contributed by atoms with van der Waals surface area (Å²) in [5, 5.41) is 13.9. The van der Waals surface area contributed by atoms with E-state index in [9.17, 15) is 5.11 Å². The zero-order valence-electron chi connectivity index (χ0n) is 9.43. The van der Waals surface area contributed by atoms with Crippen LogP contribution >= 0.6 is 11.6 Å². The van der Waals surface area contributed by atoms with Crippen molar-refractivity contribution in [2.24, 2.45) is 7.05 Å². The second-order valence-electron chi connectivity index (χ2n) is 3.66. The van der Waals surface area contributed by atoms with E-state index >= 15 is 0 Å². The normalized spacial score (nSPS) is 10.5. The largest absolute Gasteiger partial charge is 0.485 e. The van der Waals surface area contributed by atoms with Crippen molar-refractivity contribution in [1.82, 2.24) is 9.78 Å². The minimum atomic E-state index is -0.0991. The summed E-state index contributed by atoms with van der Waals surface area (Å²) in [6, 6.07) is 7.16. The lowest BCUT2D eigenvalue weighted by molar-refractivity contribution is 0.257.